The largest absolute Gasteiger partial charge is 0.442 e. The minimum atomic E-state index is -5.27. The highest BCUT2D eigenvalue weighted by atomic mass is 31.2. The summed E-state index contributed by atoms with van der Waals surface area (Å²) in [4.78, 5) is 99.3. The van der Waals surface area contributed by atoms with E-state index in [0.29, 0.717) is 41.3 Å². The molecule has 20 nitrogen and oxygen atoms in total. The van der Waals surface area contributed by atoms with Crippen LogP contribution in [0.5, 0.6) is 0 Å². The Morgan fingerprint density at radius 1 is 1.07 bits per heavy atom. The number of likely N-dealkylation sites (N-methyl/N-ethyl adjacent to an activating group) is 1. The highest BCUT2D eigenvalue weighted by molar-refractivity contribution is 7.70. The molecule has 3 amide bonds. The zero-order valence-electron chi connectivity index (χ0n) is 29.3. The van der Waals surface area contributed by atoms with Gasteiger partial charge in [-0.2, -0.15) is 0 Å². The van der Waals surface area contributed by atoms with Gasteiger partial charge in [-0.25, -0.2) is 18.9 Å². The highest BCUT2D eigenvalue weighted by Gasteiger charge is 2.43. The first-order valence-electron chi connectivity index (χ1n) is 16.2. The number of aliphatic hydroxyl groups is 1. The molecule has 0 radical (unpaired) electrons. The lowest BCUT2D eigenvalue weighted by atomic mass is 10.0. The molecule has 1 aromatic carbocycles. The van der Waals surface area contributed by atoms with E-state index in [1.807, 2.05) is 19.0 Å². The van der Waals surface area contributed by atoms with Crippen molar-refractivity contribution in [2.75, 3.05) is 45.4 Å². The lowest BCUT2D eigenvalue weighted by Crippen LogP contribution is -2.42. The second kappa shape index (κ2) is 17.9. The van der Waals surface area contributed by atoms with Gasteiger partial charge in [-0.3, -0.25) is 28.6 Å². The third-order valence-corrected chi connectivity index (χ3v) is 12.0. The second-order valence-corrected chi connectivity index (χ2v) is 16.7. The Balaban J connectivity index is 1.29. The first-order valence-corrected chi connectivity index (χ1v) is 19.6. The number of cyclic esters (lactones) is 1. The molecule has 4 rings (SSSR count). The van der Waals surface area contributed by atoms with E-state index in [1.165, 1.54) is 18.3 Å². The summed E-state index contributed by atoms with van der Waals surface area (Å²) in [6.45, 7) is -0.270. The number of aromatic nitrogens is 1. The van der Waals surface area contributed by atoms with E-state index < -0.39 is 88.9 Å². The minimum Gasteiger partial charge on any atom is -0.442 e. The number of rotatable bonds is 16. The zero-order chi connectivity index (χ0) is 40.0. The summed E-state index contributed by atoms with van der Waals surface area (Å²) in [5, 5.41) is 11.8. The maximum atomic E-state index is 15.4. The molecule has 5 N–H and O–H groups in total. The van der Waals surface area contributed by atoms with E-state index in [1.54, 1.807) is 12.1 Å². The lowest BCUT2D eigenvalue weighted by molar-refractivity contribution is -0.152. The number of aliphatic hydroxyl groups excluding tert-OH is 1. The van der Waals surface area contributed by atoms with E-state index in [-0.39, 0.29) is 23.9 Å². The van der Waals surface area contributed by atoms with Crippen molar-refractivity contribution < 1.29 is 76.4 Å². The van der Waals surface area contributed by atoms with Crippen molar-refractivity contribution in [1.29, 1.82) is 0 Å². The number of carbonyl (C=O) groups excluding carboxylic acids is 4. The van der Waals surface area contributed by atoms with Gasteiger partial charge in [0.1, 0.15) is 23.7 Å². The highest BCUT2D eigenvalue weighted by Crippen LogP contribution is 2.61. The molecule has 0 saturated carbocycles. The SMILES string of the molecule is CC(=O)N(C[C@H]1CN(c2ccc(-c3ccc(C4=NOC(CC(O)CN(C)C)C4)nc3)c(F)c2)C(=O)O1)C(=O)OCOC(=O)CCC(P(=O)(O)O)P(=O)(O)O. The fourth-order valence-electron chi connectivity index (χ4n) is 5.57. The number of esters is 1. The van der Waals surface area contributed by atoms with Crippen LogP contribution in [0.1, 0.15) is 38.3 Å². The van der Waals surface area contributed by atoms with Gasteiger partial charge in [0.15, 0.2) is 5.40 Å². The fraction of sp³-hybridized carbons (Fsp3) is 0.484. The van der Waals surface area contributed by atoms with Crippen LogP contribution in [0.4, 0.5) is 19.7 Å². The third-order valence-electron chi connectivity index (χ3n) is 8.12. The van der Waals surface area contributed by atoms with E-state index in [4.69, 9.17) is 33.9 Å². The molecule has 23 heteroatoms. The normalized spacial score (nSPS) is 17.9. The van der Waals surface area contributed by atoms with Gasteiger partial charge in [0.2, 0.25) is 12.7 Å². The Morgan fingerprint density at radius 2 is 1.78 bits per heavy atom. The molecule has 1 aromatic heterocycles. The van der Waals surface area contributed by atoms with E-state index in [2.05, 4.69) is 14.9 Å². The molecule has 2 aliphatic heterocycles. The van der Waals surface area contributed by atoms with Gasteiger partial charge < -0.3 is 48.6 Å². The molecule has 54 heavy (non-hydrogen) atoms. The molecule has 296 valence electrons. The number of pyridine rings is 1. The summed E-state index contributed by atoms with van der Waals surface area (Å²) in [6, 6.07) is 7.35. The van der Waals surface area contributed by atoms with Crippen molar-refractivity contribution in [3.8, 4) is 11.1 Å². The number of halogens is 1. The Morgan fingerprint density at radius 3 is 2.37 bits per heavy atom. The molecule has 0 aliphatic carbocycles. The lowest BCUT2D eigenvalue weighted by Gasteiger charge is -2.21. The van der Waals surface area contributed by atoms with Gasteiger partial charge >= 0.3 is 33.3 Å². The van der Waals surface area contributed by atoms with E-state index in [0.717, 1.165) is 17.9 Å². The second-order valence-electron chi connectivity index (χ2n) is 12.7. The number of hydrogen-bond donors (Lipinski definition) is 5. The van der Waals surface area contributed by atoms with Crippen molar-refractivity contribution in [3.63, 3.8) is 0 Å². The smallest absolute Gasteiger partial charge is 0.419 e. The van der Waals surface area contributed by atoms with Crippen molar-refractivity contribution in [2.45, 2.75) is 56.3 Å². The molecule has 3 atom stereocenters. The van der Waals surface area contributed by atoms with Crippen LogP contribution >= 0.6 is 15.2 Å². The average Bonchev–Trinajstić information content (AvgIpc) is 3.67. The van der Waals surface area contributed by atoms with Crippen LogP contribution < -0.4 is 4.90 Å². The number of amides is 3. The first kappa shape index (κ1) is 42.4. The van der Waals surface area contributed by atoms with Crippen LogP contribution in [-0.2, 0) is 37.8 Å². The Labute approximate surface area is 307 Å². The predicted octanol–water partition coefficient (Wildman–Crippen LogP) is 1.97. The summed E-state index contributed by atoms with van der Waals surface area (Å²) < 4.78 is 52.7. The third kappa shape index (κ3) is 11.6. The van der Waals surface area contributed by atoms with Gasteiger partial charge in [0, 0.05) is 50.1 Å². The molecule has 1 fully saturated rings. The van der Waals surface area contributed by atoms with Gasteiger partial charge in [0.25, 0.3) is 0 Å². The molecule has 2 aliphatic rings. The summed E-state index contributed by atoms with van der Waals surface area (Å²) in [7, 11) is -6.82. The molecule has 1 saturated heterocycles. The zero-order valence-corrected chi connectivity index (χ0v) is 31.0. The van der Waals surface area contributed by atoms with Crippen molar-refractivity contribution in [3.05, 3.63) is 48.0 Å². The molecule has 3 heterocycles. The van der Waals surface area contributed by atoms with Crippen molar-refractivity contribution in [1.82, 2.24) is 14.8 Å². The van der Waals surface area contributed by atoms with Crippen LogP contribution in [-0.4, -0.2) is 133 Å². The predicted molar refractivity (Wildman–Crippen MR) is 184 cm³/mol. The van der Waals surface area contributed by atoms with Crippen LogP contribution in [0.2, 0.25) is 0 Å². The molecular formula is C31H40FN5O15P2. The van der Waals surface area contributed by atoms with E-state index in [9.17, 15) is 33.4 Å². The van der Waals surface area contributed by atoms with Crippen LogP contribution in [0.25, 0.3) is 11.1 Å². The summed E-state index contributed by atoms with van der Waals surface area (Å²) >= 11 is 0. The van der Waals surface area contributed by atoms with Crippen molar-refractivity contribution in [2.24, 2.45) is 5.16 Å². The number of anilines is 1. The number of oxime groups is 1. The van der Waals surface area contributed by atoms with Gasteiger partial charge in [-0.15, -0.1) is 0 Å². The summed E-state index contributed by atoms with van der Waals surface area (Å²) in [6.07, 6.45) is -3.61. The van der Waals surface area contributed by atoms with Gasteiger partial charge in [0.05, 0.1) is 30.6 Å². The topological polar surface area (TPSA) is 275 Å². The number of hydrogen-bond acceptors (Lipinski definition) is 14. The van der Waals surface area contributed by atoms with E-state index >= 15 is 4.39 Å². The van der Waals surface area contributed by atoms with Crippen LogP contribution in [0, 0.1) is 5.82 Å². The summed E-state index contributed by atoms with van der Waals surface area (Å²) in [5.74, 6) is -2.74. The molecule has 2 unspecified atom stereocenters. The number of nitrogens with zero attached hydrogens (tertiary/aromatic N) is 5. The standard InChI is InChI=1S/C31H40FN5O15P2/c1-18(38)36(30(41)50-17-49-28(40)8-9-29(53(43,44)45)54(46,47)48)15-23-16-37(31(42)51-23)20-5-6-24(25(32)10-20)19-4-7-26(33-13-19)27-12-22(52-34-27)11-21(39)14-35(2)3/h4-7,10,13,21-23,29,39H,8-9,11-12,14-17H2,1-3H3,(H2,43,44,45)(H2,46,47,48)/t21?,22?,23-/m0/s1. The maximum Gasteiger partial charge on any atom is 0.419 e. The Bertz CT molecular complexity index is 1810. The quantitative estimate of drug-likeness (QED) is 0.0921. The number of benzene rings is 1. The molecule has 0 spiro atoms. The minimum absolute atomic E-state index is 0.122. The average molecular weight is 804 g/mol. The first-order chi connectivity index (χ1) is 25.2. The molecule has 0 bridgehead atoms. The van der Waals surface area contributed by atoms with Crippen molar-refractivity contribution >= 4 is 50.7 Å². The Hall–Kier alpha value is -4.33. The molecular weight excluding hydrogens is 763 g/mol. The monoisotopic (exact) mass is 803 g/mol. The summed E-state index contributed by atoms with van der Waals surface area (Å²) in [5.41, 5.74) is 1.87. The Kier molecular flexibility index (Phi) is 14.0. The maximum absolute atomic E-state index is 15.4. The number of carbonyl (C=O) groups is 4. The van der Waals surface area contributed by atoms with Crippen LogP contribution in [0.3, 0.4) is 0 Å². The molecule has 2 aromatic rings. The fourth-order valence-corrected chi connectivity index (χ4v) is 8.07. The van der Waals surface area contributed by atoms with Crippen LogP contribution in [0.15, 0.2) is 41.7 Å². The number of ether oxygens (including phenoxy) is 3. The number of imide groups is 1. The van der Waals surface area contributed by atoms with Gasteiger partial charge in [-0.05, 0) is 44.8 Å². The van der Waals surface area contributed by atoms with Gasteiger partial charge in [-0.1, -0.05) is 11.2 Å².